The van der Waals surface area contributed by atoms with Crippen molar-refractivity contribution in [1.29, 1.82) is 0 Å². The van der Waals surface area contributed by atoms with Crippen LogP contribution < -0.4 is 10.5 Å². The van der Waals surface area contributed by atoms with E-state index in [9.17, 15) is 4.79 Å². The minimum atomic E-state index is -0.532. The van der Waals surface area contributed by atoms with Crippen LogP contribution >= 0.6 is 0 Å². The molecule has 0 radical (unpaired) electrons. The molecule has 6 heteroatoms. The molecule has 2 N–H and O–H groups in total. The number of hydrogen-bond donors (Lipinski definition) is 1. The van der Waals surface area contributed by atoms with Crippen LogP contribution in [0.3, 0.4) is 0 Å². The van der Waals surface area contributed by atoms with Crippen molar-refractivity contribution >= 4 is 11.7 Å². The van der Waals surface area contributed by atoms with Gasteiger partial charge >= 0.3 is 0 Å². The van der Waals surface area contributed by atoms with E-state index in [2.05, 4.69) is 4.98 Å². The Balaban J connectivity index is 1.71. The van der Waals surface area contributed by atoms with Crippen LogP contribution in [0.5, 0.6) is 5.75 Å². The zero-order chi connectivity index (χ0) is 18.6. The van der Waals surface area contributed by atoms with Crippen molar-refractivity contribution < 1.29 is 14.3 Å². The highest BCUT2D eigenvalue weighted by atomic mass is 16.5. The summed E-state index contributed by atoms with van der Waals surface area (Å²) < 4.78 is 11.8. The quantitative estimate of drug-likeness (QED) is 0.892. The second kappa shape index (κ2) is 7.74. The molecule has 2 aromatic rings. The van der Waals surface area contributed by atoms with Gasteiger partial charge in [0, 0.05) is 19.9 Å². The topological polar surface area (TPSA) is 77.7 Å². The lowest BCUT2D eigenvalue weighted by atomic mass is 9.92. The van der Waals surface area contributed by atoms with Crippen molar-refractivity contribution in [3.05, 3.63) is 53.7 Å². The van der Waals surface area contributed by atoms with Gasteiger partial charge in [-0.15, -0.1) is 0 Å². The van der Waals surface area contributed by atoms with Gasteiger partial charge in [-0.25, -0.2) is 4.98 Å². The second-order valence-corrected chi connectivity index (χ2v) is 6.76. The van der Waals surface area contributed by atoms with E-state index in [1.54, 1.807) is 30.3 Å². The molecule has 1 amide bonds. The van der Waals surface area contributed by atoms with E-state index in [-0.39, 0.29) is 11.7 Å². The molecule has 3 rings (SSSR count). The number of nitrogens with two attached hydrogens (primary N) is 1. The summed E-state index contributed by atoms with van der Waals surface area (Å²) in [6.45, 7) is 3.55. The first-order valence-corrected chi connectivity index (χ1v) is 8.77. The molecule has 1 saturated heterocycles. The molecule has 0 bridgehead atoms. The largest absolute Gasteiger partial charge is 0.491 e. The number of nitrogens with zero attached hydrogens (tertiary/aromatic N) is 2. The van der Waals surface area contributed by atoms with Crippen LogP contribution in [-0.2, 0) is 4.74 Å². The van der Waals surface area contributed by atoms with Crippen LogP contribution in [0.2, 0.25) is 0 Å². The third kappa shape index (κ3) is 3.96. The molecule has 1 fully saturated rings. The summed E-state index contributed by atoms with van der Waals surface area (Å²) in [5.41, 5.74) is 6.94. The normalized spacial score (nSPS) is 20.0. The molecule has 6 nitrogen and oxygen atoms in total. The number of likely N-dealkylation sites (tertiary alicyclic amines) is 1. The van der Waals surface area contributed by atoms with Crippen LogP contribution in [-0.4, -0.2) is 48.2 Å². The number of aromatic nitrogens is 1. The Hall–Kier alpha value is -2.60. The minimum absolute atomic E-state index is 0.118. The molecule has 0 spiro atoms. The Bertz CT molecular complexity index is 763. The van der Waals surface area contributed by atoms with Crippen LogP contribution in [0.25, 0.3) is 0 Å². The molecule has 26 heavy (non-hydrogen) atoms. The van der Waals surface area contributed by atoms with Gasteiger partial charge in [-0.2, -0.15) is 0 Å². The number of ether oxygens (including phenoxy) is 2. The number of piperidine rings is 1. The summed E-state index contributed by atoms with van der Waals surface area (Å²) in [7, 11) is 1.67. The Morgan fingerprint density at radius 3 is 2.77 bits per heavy atom. The van der Waals surface area contributed by atoms with Crippen molar-refractivity contribution in [3.8, 4) is 5.75 Å². The maximum atomic E-state index is 12.8. The molecule has 0 aliphatic carbocycles. The van der Waals surface area contributed by atoms with E-state index in [1.807, 2.05) is 31.2 Å². The summed E-state index contributed by atoms with van der Waals surface area (Å²) in [6, 6.07) is 11.3. The van der Waals surface area contributed by atoms with Crippen LogP contribution in [0.1, 0.15) is 28.8 Å². The van der Waals surface area contributed by atoms with Gasteiger partial charge in [0.15, 0.2) is 0 Å². The Labute approximate surface area is 153 Å². The molecule has 1 aliphatic rings. The van der Waals surface area contributed by atoms with Crippen molar-refractivity contribution in [2.45, 2.75) is 25.4 Å². The smallest absolute Gasteiger partial charge is 0.257 e. The van der Waals surface area contributed by atoms with Gasteiger partial charge in [-0.3, -0.25) is 4.79 Å². The molecule has 1 aliphatic heterocycles. The minimum Gasteiger partial charge on any atom is -0.491 e. The molecule has 2 heterocycles. The third-order valence-electron chi connectivity index (χ3n) is 4.85. The van der Waals surface area contributed by atoms with Gasteiger partial charge in [-0.1, -0.05) is 17.7 Å². The number of aryl methyl sites for hydroxylation is 1. The first-order chi connectivity index (χ1) is 12.5. The van der Waals surface area contributed by atoms with Gasteiger partial charge < -0.3 is 20.1 Å². The molecular weight excluding hydrogens is 330 g/mol. The highest BCUT2D eigenvalue weighted by Gasteiger charge is 2.38. The lowest BCUT2D eigenvalue weighted by Gasteiger charge is -2.41. The fourth-order valence-electron chi connectivity index (χ4n) is 3.23. The van der Waals surface area contributed by atoms with Crippen LogP contribution in [0, 0.1) is 6.92 Å². The number of amides is 1. The van der Waals surface area contributed by atoms with Crippen LogP contribution in [0.4, 0.5) is 5.82 Å². The van der Waals surface area contributed by atoms with Crippen molar-refractivity contribution in [3.63, 3.8) is 0 Å². The maximum absolute atomic E-state index is 12.8. The SMILES string of the molecule is COC1(COc2ccc(C)cc2)CCCN(C(=O)c2cccnc2N)C1. The summed E-state index contributed by atoms with van der Waals surface area (Å²) in [5, 5.41) is 0. The molecule has 1 unspecified atom stereocenters. The average molecular weight is 355 g/mol. The molecule has 1 aromatic heterocycles. The van der Waals surface area contributed by atoms with Gasteiger partial charge in [0.2, 0.25) is 0 Å². The number of methoxy groups -OCH3 is 1. The Kier molecular flexibility index (Phi) is 5.42. The molecular formula is C20H25N3O3. The molecule has 1 aromatic carbocycles. The highest BCUT2D eigenvalue weighted by Crippen LogP contribution is 2.27. The lowest BCUT2D eigenvalue weighted by molar-refractivity contribution is -0.0824. The molecule has 0 saturated carbocycles. The van der Waals surface area contributed by atoms with E-state index in [0.717, 1.165) is 18.6 Å². The van der Waals surface area contributed by atoms with Crippen molar-refractivity contribution in [1.82, 2.24) is 9.88 Å². The third-order valence-corrected chi connectivity index (χ3v) is 4.85. The number of carbonyl (C=O) groups excluding carboxylic acids is 1. The number of rotatable bonds is 5. The predicted molar refractivity (Wildman–Crippen MR) is 100 cm³/mol. The van der Waals surface area contributed by atoms with Gasteiger partial charge in [0.25, 0.3) is 5.91 Å². The van der Waals surface area contributed by atoms with E-state index < -0.39 is 5.60 Å². The molecule has 138 valence electrons. The second-order valence-electron chi connectivity index (χ2n) is 6.76. The first-order valence-electron chi connectivity index (χ1n) is 8.77. The van der Waals surface area contributed by atoms with Gasteiger partial charge in [0.1, 0.15) is 23.8 Å². The fourth-order valence-corrected chi connectivity index (χ4v) is 3.23. The zero-order valence-electron chi connectivity index (χ0n) is 15.3. The number of pyridine rings is 1. The highest BCUT2D eigenvalue weighted by molar-refractivity contribution is 5.98. The van der Waals surface area contributed by atoms with E-state index in [4.69, 9.17) is 15.2 Å². The average Bonchev–Trinajstić information content (AvgIpc) is 2.67. The first kappa shape index (κ1) is 18.2. The Morgan fingerprint density at radius 2 is 2.08 bits per heavy atom. The molecule has 1 atom stereocenters. The van der Waals surface area contributed by atoms with Crippen molar-refractivity contribution in [2.24, 2.45) is 0 Å². The summed E-state index contributed by atoms with van der Waals surface area (Å²) >= 11 is 0. The Morgan fingerprint density at radius 1 is 1.31 bits per heavy atom. The summed E-state index contributed by atoms with van der Waals surface area (Å²) in [6.07, 6.45) is 3.26. The van der Waals surface area contributed by atoms with Gasteiger partial charge in [-0.05, 0) is 44.0 Å². The number of hydrogen-bond acceptors (Lipinski definition) is 5. The number of anilines is 1. The number of nitrogen functional groups attached to an aromatic ring is 1. The predicted octanol–water partition coefficient (Wildman–Crippen LogP) is 2.67. The summed E-state index contributed by atoms with van der Waals surface area (Å²) in [5.74, 6) is 0.932. The monoisotopic (exact) mass is 355 g/mol. The number of carbonyl (C=O) groups is 1. The summed E-state index contributed by atoms with van der Waals surface area (Å²) in [4.78, 5) is 18.6. The van der Waals surface area contributed by atoms with E-state index >= 15 is 0 Å². The standard InChI is InChI=1S/C20H25N3O3/c1-15-6-8-16(9-7-15)26-14-20(25-2)10-4-12-23(13-20)19(24)17-5-3-11-22-18(17)21/h3,5-9,11H,4,10,12-14H2,1-2H3,(H2,21,22). The number of benzene rings is 1. The van der Waals surface area contributed by atoms with Crippen molar-refractivity contribution in [2.75, 3.05) is 32.5 Å². The zero-order valence-corrected chi connectivity index (χ0v) is 15.3. The van der Waals surface area contributed by atoms with Gasteiger partial charge in [0.05, 0.1) is 12.1 Å². The fraction of sp³-hybridized carbons (Fsp3) is 0.400. The van der Waals surface area contributed by atoms with E-state index in [1.165, 1.54) is 5.56 Å². The maximum Gasteiger partial charge on any atom is 0.257 e. The van der Waals surface area contributed by atoms with Crippen LogP contribution in [0.15, 0.2) is 42.6 Å². The lowest BCUT2D eigenvalue weighted by Crippen LogP contribution is -2.54. The van der Waals surface area contributed by atoms with E-state index in [0.29, 0.717) is 25.3 Å².